The van der Waals surface area contributed by atoms with Crippen LogP contribution in [0.25, 0.3) is 0 Å². The van der Waals surface area contributed by atoms with E-state index in [1.54, 1.807) is 9.76 Å². The van der Waals surface area contributed by atoms with Crippen LogP contribution >= 0.6 is 0 Å². The largest absolute Gasteiger partial charge is 0.0748 e. The van der Waals surface area contributed by atoms with Crippen molar-refractivity contribution in [3.8, 4) is 0 Å². The van der Waals surface area contributed by atoms with Gasteiger partial charge in [-0.2, -0.15) is 0 Å². The van der Waals surface area contributed by atoms with Gasteiger partial charge >= 0.3 is 0 Å². The lowest BCUT2D eigenvalue weighted by molar-refractivity contribution is 2.10. The molecule has 0 radical (unpaired) electrons. The minimum atomic E-state index is 0.0694. The molecule has 44 valence electrons. The smallest absolute Gasteiger partial charge is 0.0146 e. The highest BCUT2D eigenvalue weighted by atomic mass is 29.8. The van der Waals surface area contributed by atoms with Gasteiger partial charge in [-0.25, -0.2) is 0 Å². The molecule has 5 heteroatoms. The fourth-order valence-electron chi connectivity index (χ4n) is 0.612. The van der Waals surface area contributed by atoms with Gasteiger partial charge in [0.25, 0.3) is 0 Å². The summed E-state index contributed by atoms with van der Waals surface area (Å²) >= 11 is 0. The van der Waals surface area contributed by atoms with Gasteiger partial charge in [0.2, 0.25) is 0 Å². The van der Waals surface area contributed by atoms with Crippen molar-refractivity contribution in [2.75, 3.05) is 0 Å². The van der Waals surface area contributed by atoms with Gasteiger partial charge in [0, 0.05) is 8.31 Å². The first-order chi connectivity index (χ1) is 3.27. The molecule has 0 bridgehead atoms. The van der Waals surface area contributed by atoms with E-state index in [-0.39, 0.29) is 8.31 Å². The molecule has 0 aromatic rings. The monoisotopic (exact) mass is 180 g/mol. The van der Waals surface area contributed by atoms with Crippen LogP contribution in [0.3, 0.4) is 0 Å². The van der Waals surface area contributed by atoms with Crippen molar-refractivity contribution in [2.24, 2.45) is 0 Å². The average molecular weight is 181 g/mol. The molecule has 0 spiro atoms. The number of hydrogen-bond donors (Lipinski definition) is 0. The van der Waals surface area contributed by atoms with E-state index in [1.165, 1.54) is 0 Å². The Bertz CT molecular complexity index is 35.1. The van der Waals surface area contributed by atoms with Crippen LogP contribution in [0, 0.1) is 0 Å². The zero-order chi connectivity index (χ0) is 5.70. The summed E-state index contributed by atoms with van der Waals surface area (Å²) in [5.41, 5.74) is 0. The van der Waals surface area contributed by atoms with E-state index in [0.717, 1.165) is 25.7 Å². The van der Waals surface area contributed by atoms with E-state index >= 15 is 0 Å². The third-order valence-electron chi connectivity index (χ3n) is 1.14. The highest BCUT2D eigenvalue weighted by molar-refractivity contribution is 7.53. The predicted octanol–water partition coefficient (Wildman–Crippen LogP) is -3.41. The van der Waals surface area contributed by atoms with Gasteiger partial charge in [-0.1, -0.05) is 13.1 Å². The highest BCUT2D eigenvalue weighted by Gasteiger charge is 1.92. The molecule has 0 aliphatic carbocycles. The molecule has 0 atom stereocenters. The van der Waals surface area contributed by atoms with E-state index in [4.69, 9.17) is 0 Å². The van der Waals surface area contributed by atoms with Gasteiger partial charge in [0.15, 0.2) is 0 Å². The topological polar surface area (TPSA) is 0 Å². The van der Waals surface area contributed by atoms with Crippen LogP contribution in [-0.4, -0.2) is 43.7 Å². The fourth-order valence-corrected chi connectivity index (χ4v) is 82.7. The minimum Gasteiger partial charge on any atom is -0.0748 e. The van der Waals surface area contributed by atoms with Crippen LogP contribution in [0.4, 0.5) is 0 Å². The van der Waals surface area contributed by atoms with Crippen LogP contribution in [0.5, 0.6) is 0 Å². The molecule has 0 heterocycles. The zero-order valence-corrected chi connectivity index (χ0v) is 13.1. The molecule has 0 aliphatic rings. The Morgan fingerprint density at radius 2 is 2.00 bits per heavy atom. The normalized spacial score (nSPS) is 15.9. The second-order valence-corrected chi connectivity index (χ2v) is 39.9. The fraction of sp³-hybridized carbons (Fsp3) is 1.00. The van der Waals surface area contributed by atoms with E-state index < -0.39 is 0 Å². The molecule has 7 heavy (non-hydrogen) atoms. The molecule has 0 aliphatic heterocycles. The first-order valence-electron chi connectivity index (χ1n) is 3.27. The van der Waals surface area contributed by atoms with Crippen LogP contribution < -0.4 is 0 Å². The van der Waals surface area contributed by atoms with Crippen molar-refractivity contribution in [1.82, 2.24) is 0 Å². The third kappa shape index (κ3) is 7.08. The molecule has 0 nitrogen and oxygen atoms in total. The highest BCUT2D eigenvalue weighted by Crippen LogP contribution is 1.70. The number of hydrogen-bond acceptors (Lipinski definition) is 0. The first-order valence-corrected chi connectivity index (χ1v) is 22.5. The van der Waals surface area contributed by atoms with Crippen molar-refractivity contribution < 1.29 is 0 Å². The number of rotatable bonds is 3. The summed E-state index contributed by atoms with van der Waals surface area (Å²) in [6.45, 7) is 5.09. The molecule has 0 unspecified atom stereocenters. The summed E-state index contributed by atoms with van der Waals surface area (Å²) in [6, 6.07) is 0. The van der Waals surface area contributed by atoms with Gasteiger partial charge in [-0.05, 0) is 35.4 Å². The minimum absolute atomic E-state index is 0.0694. The molecular weight excluding hydrogens is 164 g/mol. The first kappa shape index (κ1) is 8.08. The van der Waals surface area contributed by atoms with Gasteiger partial charge in [-0.15, -0.1) is 0 Å². The Balaban J connectivity index is 2.68. The molecular formula is C2H16Si5. The second kappa shape index (κ2) is 5.23. The van der Waals surface area contributed by atoms with Crippen LogP contribution in [-0.2, 0) is 0 Å². The average Bonchev–Trinajstić information content (AvgIpc) is 1.61. The van der Waals surface area contributed by atoms with Crippen molar-refractivity contribution in [2.45, 2.75) is 13.1 Å². The van der Waals surface area contributed by atoms with Gasteiger partial charge < -0.3 is 0 Å². The summed E-state index contributed by atoms with van der Waals surface area (Å²) in [5, 5.41) is 0. The summed E-state index contributed by atoms with van der Waals surface area (Å²) in [5.74, 6) is 0. The lowest BCUT2D eigenvalue weighted by Crippen LogP contribution is -2.24. The van der Waals surface area contributed by atoms with Crippen LogP contribution in [0.15, 0.2) is 0 Å². The lowest BCUT2D eigenvalue weighted by Gasteiger charge is -1.94. The Morgan fingerprint density at radius 1 is 1.43 bits per heavy atom. The third-order valence-corrected chi connectivity index (χ3v) is 60.8. The Hall–Kier alpha value is 1.08. The summed E-state index contributed by atoms with van der Waals surface area (Å²) in [6.07, 6.45) is 0. The van der Waals surface area contributed by atoms with Crippen molar-refractivity contribution in [3.63, 3.8) is 0 Å². The Labute approximate surface area is 57.1 Å². The molecule has 0 rings (SSSR count). The van der Waals surface area contributed by atoms with E-state index in [2.05, 4.69) is 13.1 Å². The zero-order valence-electron chi connectivity index (χ0n) is 5.70. The molecule has 0 saturated heterocycles. The van der Waals surface area contributed by atoms with Crippen molar-refractivity contribution in [1.29, 1.82) is 0 Å². The maximum absolute atomic E-state index is 2.55. The second-order valence-electron chi connectivity index (χ2n) is 2.54. The van der Waals surface area contributed by atoms with Gasteiger partial charge in [0.1, 0.15) is 0 Å². The summed E-state index contributed by atoms with van der Waals surface area (Å²) in [7, 11) is 3.96. The Kier molecular flexibility index (Phi) is 6.04. The molecule has 0 saturated carbocycles. The van der Waals surface area contributed by atoms with Crippen molar-refractivity contribution >= 4 is 43.7 Å². The summed E-state index contributed by atoms with van der Waals surface area (Å²) in [4.78, 5) is 0. The summed E-state index contributed by atoms with van der Waals surface area (Å²) < 4.78 is 0. The van der Waals surface area contributed by atoms with E-state index in [1.807, 2.05) is 0 Å². The molecule has 0 amide bonds. The molecule has 0 aromatic carbocycles. The van der Waals surface area contributed by atoms with E-state index in [0.29, 0.717) is 0 Å². The standard InChI is InChI=1S/C2H16Si5/c1-7(2)6-5-4-3/h7H,4-6H2,1-3H3. The van der Waals surface area contributed by atoms with Crippen molar-refractivity contribution in [3.05, 3.63) is 0 Å². The quantitative estimate of drug-likeness (QED) is 0.397. The maximum atomic E-state index is 2.55. The van der Waals surface area contributed by atoms with Gasteiger partial charge in [-0.3, -0.25) is 0 Å². The van der Waals surface area contributed by atoms with Gasteiger partial charge in [0.05, 0.1) is 0 Å². The molecule has 0 N–H and O–H groups in total. The Morgan fingerprint density at radius 3 is 2.14 bits per heavy atom. The SMILES string of the molecule is C[SiH](C)[SiH2][SiH2][SiH2][SiH3]. The van der Waals surface area contributed by atoms with Crippen LogP contribution in [0.1, 0.15) is 0 Å². The van der Waals surface area contributed by atoms with E-state index in [9.17, 15) is 0 Å². The maximum Gasteiger partial charge on any atom is 0.0146 e. The lowest BCUT2D eigenvalue weighted by atomic mass is 11.9. The molecule has 0 aromatic heterocycles. The predicted molar refractivity (Wildman–Crippen MR) is 54.4 cm³/mol. The van der Waals surface area contributed by atoms with Crippen LogP contribution in [0.2, 0.25) is 13.1 Å². The molecule has 0 fully saturated rings.